The Bertz CT molecular complexity index is 626. The highest BCUT2D eigenvalue weighted by Gasteiger charge is 2.02. The molecule has 0 saturated heterocycles. The van der Waals surface area contributed by atoms with Gasteiger partial charge in [0.25, 0.3) is 0 Å². The maximum Gasteiger partial charge on any atom is 0.185 e. The maximum atomic E-state index is 12.1. The van der Waals surface area contributed by atoms with Crippen molar-refractivity contribution in [3.05, 3.63) is 71.3 Å². The summed E-state index contributed by atoms with van der Waals surface area (Å²) in [6.45, 7) is 4.25. The number of hydrogen-bond acceptors (Lipinski definition) is 2. The first kappa shape index (κ1) is 15.6. The molecule has 1 nitrogen and oxygen atoms in total. The van der Waals surface area contributed by atoms with Gasteiger partial charge in [0, 0.05) is 10.5 Å². The van der Waals surface area contributed by atoms with E-state index in [9.17, 15) is 4.79 Å². The van der Waals surface area contributed by atoms with Crippen LogP contribution in [-0.4, -0.2) is 11.5 Å². The third-order valence-electron chi connectivity index (χ3n) is 3.24. The van der Waals surface area contributed by atoms with E-state index in [0.29, 0.717) is 0 Å². The molecule has 0 atom stereocenters. The number of rotatable bonds is 6. The molecule has 0 aliphatic carbocycles. The quantitative estimate of drug-likeness (QED) is 0.411. The van der Waals surface area contributed by atoms with Gasteiger partial charge in [0.05, 0.1) is 0 Å². The Morgan fingerprint density at radius 2 is 1.86 bits per heavy atom. The second-order valence-electron chi connectivity index (χ2n) is 4.75. The van der Waals surface area contributed by atoms with E-state index in [-0.39, 0.29) is 5.78 Å². The summed E-state index contributed by atoms with van der Waals surface area (Å²) < 4.78 is 0. The van der Waals surface area contributed by atoms with Gasteiger partial charge >= 0.3 is 0 Å². The van der Waals surface area contributed by atoms with Crippen LogP contribution in [0.15, 0.2) is 59.5 Å². The Hall–Kier alpha value is -1.80. The van der Waals surface area contributed by atoms with Gasteiger partial charge in [-0.1, -0.05) is 44.2 Å². The lowest BCUT2D eigenvalue weighted by molar-refractivity contribution is 0.104. The molecule has 0 radical (unpaired) electrons. The predicted octanol–water partition coefficient (Wildman–Crippen LogP) is 5.26. The van der Waals surface area contributed by atoms with Crippen molar-refractivity contribution in [1.29, 1.82) is 0 Å². The number of allylic oxidation sites excluding steroid dienone is 1. The number of hydrogen-bond donors (Lipinski definition) is 0. The number of carbonyl (C=O) groups excluding carboxylic acids is 1. The lowest BCUT2D eigenvalue weighted by Gasteiger charge is -2.00. The van der Waals surface area contributed by atoms with Crippen LogP contribution in [0.5, 0.6) is 0 Å². The van der Waals surface area contributed by atoms with Gasteiger partial charge < -0.3 is 0 Å². The van der Waals surface area contributed by atoms with Crippen molar-refractivity contribution in [1.82, 2.24) is 0 Å². The van der Waals surface area contributed by atoms with E-state index in [1.165, 1.54) is 10.5 Å². The zero-order chi connectivity index (χ0) is 15.1. The number of ketones is 1. The molecule has 2 aromatic carbocycles. The number of benzene rings is 2. The van der Waals surface area contributed by atoms with Gasteiger partial charge in [-0.25, -0.2) is 0 Å². The monoisotopic (exact) mass is 296 g/mol. The minimum Gasteiger partial charge on any atom is -0.289 e. The van der Waals surface area contributed by atoms with Crippen LogP contribution in [0, 0.1) is 0 Å². The molecular weight excluding hydrogens is 276 g/mol. The molecule has 0 spiro atoms. The fraction of sp³-hybridized carbons (Fsp3) is 0.211. The van der Waals surface area contributed by atoms with Gasteiger partial charge in [0.15, 0.2) is 5.78 Å². The molecular formula is C19H20OS. The lowest BCUT2D eigenvalue weighted by atomic mass is 10.1. The van der Waals surface area contributed by atoms with E-state index in [0.717, 1.165) is 23.3 Å². The molecule has 0 amide bonds. The molecule has 2 heteroatoms. The van der Waals surface area contributed by atoms with Crippen molar-refractivity contribution in [3.63, 3.8) is 0 Å². The molecule has 0 fully saturated rings. The van der Waals surface area contributed by atoms with Gasteiger partial charge in [-0.15, -0.1) is 11.8 Å². The molecule has 0 aromatic heterocycles. The van der Waals surface area contributed by atoms with Gasteiger partial charge in [0.2, 0.25) is 0 Å². The third-order valence-corrected chi connectivity index (χ3v) is 4.13. The highest BCUT2D eigenvalue weighted by atomic mass is 32.2. The molecule has 0 N–H and O–H groups in total. The Balaban J connectivity index is 2.07. The fourth-order valence-corrected chi connectivity index (χ4v) is 2.73. The molecule has 2 aromatic rings. The summed E-state index contributed by atoms with van der Waals surface area (Å²) in [4.78, 5) is 13.4. The normalized spacial score (nSPS) is 11.0. The lowest BCUT2D eigenvalue weighted by Crippen LogP contribution is -1.93. The van der Waals surface area contributed by atoms with Crippen LogP contribution >= 0.6 is 11.8 Å². The Labute approximate surface area is 131 Å². The minimum atomic E-state index is 0.0463. The summed E-state index contributed by atoms with van der Waals surface area (Å²) >= 11 is 1.78. The number of carbonyl (C=O) groups is 1. The summed E-state index contributed by atoms with van der Waals surface area (Å²) in [5, 5.41) is 0. The summed E-state index contributed by atoms with van der Waals surface area (Å²) in [5.74, 6) is 1.09. The van der Waals surface area contributed by atoms with Crippen LogP contribution in [0.2, 0.25) is 0 Å². The second kappa shape index (κ2) is 7.84. The van der Waals surface area contributed by atoms with Crippen molar-refractivity contribution >= 4 is 23.6 Å². The van der Waals surface area contributed by atoms with Crippen LogP contribution < -0.4 is 0 Å². The van der Waals surface area contributed by atoms with E-state index >= 15 is 0 Å². The van der Waals surface area contributed by atoms with Crippen LogP contribution in [0.4, 0.5) is 0 Å². The van der Waals surface area contributed by atoms with Gasteiger partial charge in [-0.2, -0.15) is 0 Å². The van der Waals surface area contributed by atoms with Crippen molar-refractivity contribution in [2.24, 2.45) is 0 Å². The average molecular weight is 296 g/mol. The van der Waals surface area contributed by atoms with E-state index in [2.05, 4.69) is 26.0 Å². The maximum absolute atomic E-state index is 12.1. The van der Waals surface area contributed by atoms with Crippen molar-refractivity contribution < 1.29 is 4.79 Å². The first-order chi connectivity index (χ1) is 10.2. The zero-order valence-electron chi connectivity index (χ0n) is 12.5. The molecule has 0 bridgehead atoms. The SMILES string of the molecule is CCSc1ccc(C(=O)/C=C/c2cccc(CC)c2)cc1. The molecule has 108 valence electrons. The smallest absolute Gasteiger partial charge is 0.185 e. The molecule has 0 aliphatic heterocycles. The topological polar surface area (TPSA) is 17.1 Å². The largest absolute Gasteiger partial charge is 0.289 e. The van der Waals surface area contributed by atoms with E-state index < -0.39 is 0 Å². The van der Waals surface area contributed by atoms with Gasteiger partial charge in [-0.05, 0) is 53.6 Å². The van der Waals surface area contributed by atoms with Crippen molar-refractivity contribution in [2.45, 2.75) is 25.2 Å². The molecule has 21 heavy (non-hydrogen) atoms. The molecule has 0 aliphatic rings. The molecule has 0 saturated carbocycles. The first-order valence-electron chi connectivity index (χ1n) is 7.27. The first-order valence-corrected chi connectivity index (χ1v) is 8.25. The van der Waals surface area contributed by atoms with Gasteiger partial charge in [-0.3, -0.25) is 4.79 Å². The Morgan fingerprint density at radius 3 is 2.52 bits per heavy atom. The molecule has 2 rings (SSSR count). The number of aryl methyl sites for hydroxylation is 1. The zero-order valence-corrected chi connectivity index (χ0v) is 13.3. The van der Waals surface area contributed by atoms with Crippen LogP contribution in [-0.2, 0) is 6.42 Å². The average Bonchev–Trinajstić information content (AvgIpc) is 2.54. The Kier molecular flexibility index (Phi) is 5.82. The highest BCUT2D eigenvalue weighted by Crippen LogP contribution is 2.18. The summed E-state index contributed by atoms with van der Waals surface area (Å²) in [7, 11) is 0. The van der Waals surface area contributed by atoms with Crippen molar-refractivity contribution in [3.8, 4) is 0 Å². The van der Waals surface area contributed by atoms with E-state index in [1.54, 1.807) is 17.8 Å². The van der Waals surface area contributed by atoms with Gasteiger partial charge in [0.1, 0.15) is 0 Å². The standard InChI is InChI=1S/C19H20OS/c1-3-15-6-5-7-16(14-15)8-13-19(20)17-9-11-18(12-10-17)21-4-2/h5-14H,3-4H2,1-2H3/b13-8+. The third kappa shape index (κ3) is 4.61. The van der Waals surface area contributed by atoms with Crippen LogP contribution in [0.1, 0.15) is 35.3 Å². The summed E-state index contributed by atoms with van der Waals surface area (Å²) in [6, 6.07) is 16.1. The fourth-order valence-electron chi connectivity index (χ4n) is 2.07. The van der Waals surface area contributed by atoms with Crippen LogP contribution in [0.25, 0.3) is 6.08 Å². The minimum absolute atomic E-state index is 0.0463. The summed E-state index contributed by atoms with van der Waals surface area (Å²) in [5.41, 5.74) is 3.09. The second-order valence-corrected chi connectivity index (χ2v) is 6.09. The van der Waals surface area contributed by atoms with Crippen LogP contribution in [0.3, 0.4) is 0 Å². The number of thioether (sulfide) groups is 1. The predicted molar refractivity (Wildman–Crippen MR) is 92.0 cm³/mol. The Morgan fingerprint density at radius 1 is 1.10 bits per heavy atom. The highest BCUT2D eigenvalue weighted by molar-refractivity contribution is 7.99. The molecule has 0 unspecified atom stereocenters. The van der Waals surface area contributed by atoms with E-state index in [1.807, 2.05) is 42.5 Å². The van der Waals surface area contributed by atoms with E-state index in [4.69, 9.17) is 0 Å². The van der Waals surface area contributed by atoms with Crippen molar-refractivity contribution in [2.75, 3.05) is 5.75 Å². The molecule has 0 heterocycles. The summed E-state index contributed by atoms with van der Waals surface area (Å²) in [6.07, 6.45) is 4.54.